The van der Waals surface area contributed by atoms with E-state index in [4.69, 9.17) is 0 Å². The fraction of sp³-hybridized carbons (Fsp3) is 0.696. The van der Waals surface area contributed by atoms with E-state index in [-0.39, 0.29) is 5.78 Å². The maximum Gasteiger partial charge on any atom is 0.164 e. The van der Waals surface area contributed by atoms with Gasteiger partial charge in [0.1, 0.15) is 0 Å². The first-order valence-electron chi connectivity index (χ1n) is 10.6. The van der Waals surface area contributed by atoms with Gasteiger partial charge in [-0.3, -0.25) is 4.79 Å². The van der Waals surface area contributed by atoms with Gasteiger partial charge < -0.3 is 10.0 Å². The van der Waals surface area contributed by atoms with Crippen LogP contribution in [-0.2, 0) is 0 Å². The van der Waals surface area contributed by atoms with Gasteiger partial charge in [0, 0.05) is 25.1 Å². The van der Waals surface area contributed by atoms with Crippen LogP contribution in [-0.4, -0.2) is 41.0 Å². The van der Waals surface area contributed by atoms with Gasteiger partial charge in [0.2, 0.25) is 0 Å². The van der Waals surface area contributed by atoms with E-state index in [0.717, 1.165) is 63.7 Å². The molecule has 1 unspecified atom stereocenters. The standard InChI is InChI=1S/C23H39NO2/c1-4-7-12-17-23(26,16-8-5-2)18-20-24(6-3)19-15-22(25)21-13-10-9-11-14-21/h9-11,13-14,26H,4-8,12,15-20H2,1-3H3. The molecule has 1 N–H and O–H groups in total. The zero-order chi connectivity index (χ0) is 19.3. The van der Waals surface area contributed by atoms with E-state index in [1.807, 2.05) is 30.3 Å². The van der Waals surface area contributed by atoms with Crippen molar-refractivity contribution in [1.29, 1.82) is 0 Å². The van der Waals surface area contributed by atoms with Crippen LogP contribution in [0.3, 0.4) is 0 Å². The van der Waals surface area contributed by atoms with Crippen LogP contribution in [0.1, 0.15) is 88.9 Å². The van der Waals surface area contributed by atoms with E-state index in [0.29, 0.717) is 6.42 Å². The zero-order valence-corrected chi connectivity index (χ0v) is 17.2. The Hall–Kier alpha value is -1.19. The van der Waals surface area contributed by atoms with Crippen molar-refractivity contribution in [3.05, 3.63) is 35.9 Å². The monoisotopic (exact) mass is 361 g/mol. The lowest BCUT2D eigenvalue weighted by atomic mass is 9.87. The predicted octanol–water partition coefficient (Wildman–Crippen LogP) is 5.47. The molecule has 26 heavy (non-hydrogen) atoms. The molecule has 0 spiro atoms. The van der Waals surface area contributed by atoms with Crippen LogP contribution in [0.25, 0.3) is 0 Å². The Balaban J connectivity index is 2.48. The van der Waals surface area contributed by atoms with Crippen LogP contribution in [0.2, 0.25) is 0 Å². The van der Waals surface area contributed by atoms with Crippen LogP contribution in [0.4, 0.5) is 0 Å². The summed E-state index contributed by atoms with van der Waals surface area (Å²) in [6.07, 6.45) is 8.85. The van der Waals surface area contributed by atoms with Gasteiger partial charge >= 0.3 is 0 Å². The van der Waals surface area contributed by atoms with Gasteiger partial charge in [0.05, 0.1) is 5.60 Å². The molecule has 0 aromatic heterocycles. The first-order chi connectivity index (χ1) is 12.5. The smallest absolute Gasteiger partial charge is 0.164 e. The van der Waals surface area contributed by atoms with Crippen LogP contribution < -0.4 is 0 Å². The van der Waals surface area contributed by atoms with Crippen LogP contribution in [0, 0.1) is 0 Å². The van der Waals surface area contributed by atoms with E-state index in [1.165, 1.54) is 12.8 Å². The summed E-state index contributed by atoms with van der Waals surface area (Å²) in [4.78, 5) is 14.6. The molecule has 3 heteroatoms. The first kappa shape index (κ1) is 22.9. The van der Waals surface area contributed by atoms with Gasteiger partial charge in [0.15, 0.2) is 5.78 Å². The molecular weight excluding hydrogens is 322 g/mol. The molecular formula is C23H39NO2. The normalized spacial score (nSPS) is 13.7. The van der Waals surface area contributed by atoms with E-state index in [1.54, 1.807) is 0 Å². The minimum absolute atomic E-state index is 0.202. The molecule has 0 aliphatic carbocycles. The van der Waals surface area contributed by atoms with Gasteiger partial charge in [0.25, 0.3) is 0 Å². The molecule has 1 atom stereocenters. The van der Waals surface area contributed by atoms with Crippen LogP contribution in [0.5, 0.6) is 0 Å². The Kier molecular flexibility index (Phi) is 11.5. The summed E-state index contributed by atoms with van der Waals surface area (Å²) in [5.74, 6) is 0.202. The van der Waals surface area contributed by atoms with Crippen molar-refractivity contribution >= 4 is 5.78 Å². The molecule has 0 saturated carbocycles. The van der Waals surface area contributed by atoms with Gasteiger partial charge in [-0.25, -0.2) is 0 Å². The lowest BCUT2D eigenvalue weighted by Crippen LogP contribution is -2.36. The largest absolute Gasteiger partial charge is 0.390 e. The SMILES string of the molecule is CCCCCC(O)(CCCC)CCN(CC)CCC(=O)c1ccccc1. The maximum absolute atomic E-state index is 12.3. The first-order valence-corrected chi connectivity index (χ1v) is 10.6. The highest BCUT2D eigenvalue weighted by atomic mass is 16.3. The number of Topliss-reactive ketones (excluding diaryl/α,β-unsaturated/α-hetero) is 1. The highest BCUT2D eigenvalue weighted by Gasteiger charge is 2.26. The van der Waals surface area contributed by atoms with Crippen molar-refractivity contribution in [2.75, 3.05) is 19.6 Å². The lowest BCUT2D eigenvalue weighted by Gasteiger charge is -2.31. The minimum Gasteiger partial charge on any atom is -0.390 e. The zero-order valence-electron chi connectivity index (χ0n) is 17.2. The van der Waals surface area contributed by atoms with Crippen molar-refractivity contribution in [1.82, 2.24) is 4.90 Å². The van der Waals surface area contributed by atoms with Gasteiger partial charge in [-0.2, -0.15) is 0 Å². The second-order valence-electron chi connectivity index (χ2n) is 7.51. The summed E-state index contributed by atoms with van der Waals surface area (Å²) >= 11 is 0. The Morgan fingerprint density at radius 3 is 2.19 bits per heavy atom. The molecule has 1 aromatic rings. The molecule has 1 aromatic carbocycles. The van der Waals surface area contributed by atoms with Crippen molar-refractivity contribution < 1.29 is 9.90 Å². The second-order valence-corrected chi connectivity index (χ2v) is 7.51. The van der Waals surface area contributed by atoms with Gasteiger partial charge in [-0.05, 0) is 25.8 Å². The third-order valence-electron chi connectivity index (χ3n) is 5.33. The van der Waals surface area contributed by atoms with Crippen molar-refractivity contribution in [2.24, 2.45) is 0 Å². The highest BCUT2D eigenvalue weighted by molar-refractivity contribution is 5.96. The number of nitrogens with zero attached hydrogens (tertiary/aromatic N) is 1. The lowest BCUT2D eigenvalue weighted by molar-refractivity contribution is 0.00165. The Morgan fingerprint density at radius 1 is 0.923 bits per heavy atom. The van der Waals surface area contributed by atoms with Crippen molar-refractivity contribution in [3.8, 4) is 0 Å². The number of carbonyl (C=O) groups is 1. The Morgan fingerprint density at radius 2 is 1.58 bits per heavy atom. The number of hydrogen-bond donors (Lipinski definition) is 1. The number of rotatable bonds is 15. The fourth-order valence-electron chi connectivity index (χ4n) is 3.41. The third-order valence-corrected chi connectivity index (χ3v) is 5.33. The second kappa shape index (κ2) is 13.1. The molecule has 0 heterocycles. The molecule has 0 aliphatic heterocycles. The molecule has 0 fully saturated rings. The average Bonchev–Trinajstić information content (AvgIpc) is 2.67. The third kappa shape index (κ3) is 8.95. The molecule has 0 saturated heterocycles. The van der Waals surface area contributed by atoms with E-state index in [9.17, 15) is 9.90 Å². The number of hydrogen-bond acceptors (Lipinski definition) is 3. The number of carbonyl (C=O) groups excluding carboxylic acids is 1. The summed E-state index contributed by atoms with van der Waals surface area (Å²) in [6, 6.07) is 9.53. The van der Waals surface area contributed by atoms with Crippen molar-refractivity contribution in [2.45, 2.75) is 84.2 Å². The van der Waals surface area contributed by atoms with Crippen LogP contribution >= 0.6 is 0 Å². The quantitative estimate of drug-likeness (QED) is 0.332. The number of ketones is 1. The maximum atomic E-state index is 12.3. The molecule has 148 valence electrons. The molecule has 0 radical (unpaired) electrons. The summed E-state index contributed by atoms with van der Waals surface area (Å²) in [6.45, 7) is 9.07. The molecule has 0 bridgehead atoms. The average molecular weight is 362 g/mol. The summed E-state index contributed by atoms with van der Waals surface area (Å²) in [7, 11) is 0. The fourth-order valence-corrected chi connectivity index (χ4v) is 3.41. The number of unbranched alkanes of at least 4 members (excludes halogenated alkanes) is 3. The molecule has 3 nitrogen and oxygen atoms in total. The molecule has 0 aliphatic rings. The van der Waals surface area contributed by atoms with E-state index in [2.05, 4.69) is 25.7 Å². The van der Waals surface area contributed by atoms with E-state index < -0.39 is 5.60 Å². The minimum atomic E-state index is -0.540. The summed E-state index contributed by atoms with van der Waals surface area (Å²) in [5.41, 5.74) is 0.254. The topological polar surface area (TPSA) is 40.5 Å². The van der Waals surface area contributed by atoms with Gasteiger partial charge in [-0.1, -0.05) is 83.2 Å². The predicted molar refractivity (Wildman–Crippen MR) is 111 cm³/mol. The number of benzene rings is 1. The van der Waals surface area contributed by atoms with Crippen molar-refractivity contribution in [3.63, 3.8) is 0 Å². The molecule has 1 rings (SSSR count). The number of aliphatic hydroxyl groups is 1. The van der Waals surface area contributed by atoms with Crippen LogP contribution in [0.15, 0.2) is 30.3 Å². The summed E-state index contributed by atoms with van der Waals surface area (Å²) in [5, 5.41) is 11.1. The summed E-state index contributed by atoms with van der Waals surface area (Å²) < 4.78 is 0. The Bertz CT molecular complexity index is 488. The highest BCUT2D eigenvalue weighted by Crippen LogP contribution is 2.26. The Labute approximate surface area is 160 Å². The van der Waals surface area contributed by atoms with E-state index >= 15 is 0 Å². The van der Waals surface area contributed by atoms with Gasteiger partial charge in [-0.15, -0.1) is 0 Å². The molecule has 0 amide bonds.